The molecule has 1 N–H and O–H groups in total. The van der Waals surface area contributed by atoms with E-state index in [4.69, 9.17) is 16.7 Å². The number of halogens is 1. The van der Waals surface area contributed by atoms with Crippen molar-refractivity contribution in [1.29, 1.82) is 0 Å². The maximum Gasteiger partial charge on any atom is 0.303 e. The number of unbranched alkanes of at least 4 members (excludes halogenated alkanes) is 3. The molecule has 1 amide bonds. The largest absolute Gasteiger partial charge is 0.481 e. The summed E-state index contributed by atoms with van der Waals surface area (Å²) < 4.78 is 0. The molecule has 0 aliphatic carbocycles. The van der Waals surface area contributed by atoms with Crippen LogP contribution in [-0.4, -0.2) is 23.5 Å². The quantitative estimate of drug-likeness (QED) is 0.698. The molecule has 1 aromatic rings. The van der Waals surface area contributed by atoms with Crippen molar-refractivity contribution in [1.82, 2.24) is 0 Å². The third-order valence-corrected chi connectivity index (χ3v) is 3.54. The molecular weight excluding hydrogens is 290 g/mol. The molecule has 1 rings (SSSR count). The predicted molar refractivity (Wildman–Crippen MR) is 84.8 cm³/mol. The van der Waals surface area contributed by atoms with Gasteiger partial charge in [0, 0.05) is 30.1 Å². The third-order valence-electron chi connectivity index (χ3n) is 3.29. The van der Waals surface area contributed by atoms with Gasteiger partial charge >= 0.3 is 5.97 Å². The predicted octanol–water partition coefficient (Wildman–Crippen LogP) is 4.12. The van der Waals surface area contributed by atoms with Gasteiger partial charge in [-0.3, -0.25) is 9.59 Å². The van der Waals surface area contributed by atoms with Gasteiger partial charge in [0.1, 0.15) is 0 Å². The Morgan fingerprint density at radius 2 is 1.62 bits per heavy atom. The number of amides is 1. The van der Waals surface area contributed by atoms with Crippen molar-refractivity contribution in [3.8, 4) is 0 Å². The molecule has 0 aliphatic heterocycles. The first-order valence-electron chi connectivity index (χ1n) is 7.32. The Kier molecular flexibility index (Phi) is 7.83. The smallest absolute Gasteiger partial charge is 0.303 e. The molecule has 0 atom stereocenters. The molecule has 1 aromatic carbocycles. The monoisotopic (exact) mass is 311 g/mol. The Balaban J connectivity index is 2.35. The highest BCUT2D eigenvalue weighted by molar-refractivity contribution is 6.30. The number of carboxylic acid groups (broad SMARTS) is 1. The lowest BCUT2D eigenvalue weighted by Gasteiger charge is -2.21. The van der Waals surface area contributed by atoms with Gasteiger partial charge in [-0.25, -0.2) is 0 Å². The lowest BCUT2D eigenvalue weighted by molar-refractivity contribution is -0.137. The summed E-state index contributed by atoms with van der Waals surface area (Å²) >= 11 is 5.85. The van der Waals surface area contributed by atoms with Gasteiger partial charge in [0.25, 0.3) is 0 Å². The summed E-state index contributed by atoms with van der Waals surface area (Å²) in [5.74, 6) is -0.663. The highest BCUT2D eigenvalue weighted by Gasteiger charge is 2.13. The number of carbonyl (C=O) groups excluding carboxylic acids is 1. The highest BCUT2D eigenvalue weighted by Crippen LogP contribution is 2.19. The number of carboxylic acids is 1. The fraction of sp³-hybridized carbons (Fsp3) is 0.500. The molecule has 0 saturated carbocycles. The minimum Gasteiger partial charge on any atom is -0.481 e. The van der Waals surface area contributed by atoms with Crippen LogP contribution < -0.4 is 4.90 Å². The van der Waals surface area contributed by atoms with Crippen LogP contribution in [-0.2, 0) is 9.59 Å². The zero-order valence-electron chi connectivity index (χ0n) is 12.3. The highest BCUT2D eigenvalue weighted by atomic mass is 35.5. The maximum absolute atomic E-state index is 12.2. The molecule has 0 spiro atoms. The number of aliphatic carboxylic acids is 1. The fourth-order valence-corrected chi connectivity index (χ4v) is 2.29. The van der Waals surface area contributed by atoms with Gasteiger partial charge in [0.15, 0.2) is 0 Å². The molecular formula is C16H22ClNO3. The minimum atomic E-state index is -0.758. The number of hydrogen-bond donors (Lipinski definition) is 1. The van der Waals surface area contributed by atoms with Gasteiger partial charge in [-0.1, -0.05) is 24.4 Å². The van der Waals surface area contributed by atoms with E-state index in [0.29, 0.717) is 24.4 Å². The number of nitrogens with zero attached hydrogens (tertiary/aromatic N) is 1. The van der Waals surface area contributed by atoms with E-state index in [1.807, 2.05) is 19.1 Å². The normalized spacial score (nSPS) is 10.4. The number of carbonyl (C=O) groups is 2. The van der Waals surface area contributed by atoms with E-state index in [2.05, 4.69) is 0 Å². The third kappa shape index (κ3) is 6.63. The van der Waals surface area contributed by atoms with Crippen molar-refractivity contribution in [3.63, 3.8) is 0 Å². The number of rotatable bonds is 9. The van der Waals surface area contributed by atoms with Crippen molar-refractivity contribution < 1.29 is 14.7 Å². The Hall–Kier alpha value is -1.55. The molecule has 0 unspecified atom stereocenters. The molecule has 0 fully saturated rings. The lowest BCUT2D eigenvalue weighted by Crippen LogP contribution is -2.30. The fourth-order valence-electron chi connectivity index (χ4n) is 2.16. The van der Waals surface area contributed by atoms with Crippen molar-refractivity contribution >= 4 is 29.2 Å². The average molecular weight is 312 g/mol. The van der Waals surface area contributed by atoms with Gasteiger partial charge < -0.3 is 10.0 Å². The van der Waals surface area contributed by atoms with Crippen LogP contribution in [0.3, 0.4) is 0 Å². The first-order chi connectivity index (χ1) is 10.0. The molecule has 0 bridgehead atoms. The summed E-state index contributed by atoms with van der Waals surface area (Å²) in [6, 6.07) is 7.24. The second kappa shape index (κ2) is 9.40. The van der Waals surface area contributed by atoms with E-state index in [9.17, 15) is 9.59 Å². The Morgan fingerprint density at radius 3 is 2.14 bits per heavy atom. The summed E-state index contributed by atoms with van der Waals surface area (Å²) in [6.45, 7) is 2.57. The van der Waals surface area contributed by atoms with Crippen LogP contribution in [0.2, 0.25) is 5.02 Å². The van der Waals surface area contributed by atoms with Gasteiger partial charge in [-0.05, 0) is 44.0 Å². The Morgan fingerprint density at radius 1 is 1.05 bits per heavy atom. The summed E-state index contributed by atoms with van der Waals surface area (Å²) in [4.78, 5) is 24.3. The SMILES string of the molecule is CCN(C(=O)CCCCCCC(=O)O)c1ccc(Cl)cc1. The van der Waals surface area contributed by atoms with E-state index in [1.54, 1.807) is 17.0 Å². The van der Waals surface area contributed by atoms with Crippen molar-refractivity contribution in [2.24, 2.45) is 0 Å². The average Bonchev–Trinajstić information content (AvgIpc) is 2.45. The second-order valence-corrected chi connectivity index (χ2v) is 5.36. The number of anilines is 1. The summed E-state index contributed by atoms with van der Waals surface area (Å²) in [5, 5.41) is 9.19. The Labute approximate surface area is 130 Å². The van der Waals surface area contributed by atoms with E-state index >= 15 is 0 Å². The first kappa shape index (κ1) is 17.5. The standard InChI is InChI=1S/C16H22ClNO3/c1-2-18(14-11-9-13(17)10-12-14)15(19)7-5-3-4-6-8-16(20)21/h9-12H,2-8H2,1H3,(H,20,21). The molecule has 0 heterocycles. The molecule has 0 aromatic heterocycles. The van der Waals surface area contributed by atoms with Crippen molar-refractivity contribution in [2.45, 2.75) is 45.4 Å². The molecule has 5 heteroatoms. The molecule has 0 saturated heterocycles. The molecule has 21 heavy (non-hydrogen) atoms. The van der Waals surface area contributed by atoms with Crippen LogP contribution in [0.4, 0.5) is 5.69 Å². The second-order valence-electron chi connectivity index (χ2n) is 4.92. The van der Waals surface area contributed by atoms with Crippen LogP contribution in [0.15, 0.2) is 24.3 Å². The lowest BCUT2D eigenvalue weighted by atomic mass is 10.1. The topological polar surface area (TPSA) is 57.6 Å². The molecule has 4 nitrogen and oxygen atoms in total. The minimum absolute atomic E-state index is 0.0954. The van der Waals surface area contributed by atoms with Crippen LogP contribution in [0.5, 0.6) is 0 Å². The zero-order chi connectivity index (χ0) is 15.7. The maximum atomic E-state index is 12.2. The van der Waals surface area contributed by atoms with Crippen molar-refractivity contribution in [2.75, 3.05) is 11.4 Å². The molecule has 116 valence electrons. The summed E-state index contributed by atoms with van der Waals surface area (Å²) in [5.41, 5.74) is 0.859. The zero-order valence-corrected chi connectivity index (χ0v) is 13.1. The number of benzene rings is 1. The van der Waals surface area contributed by atoms with Gasteiger partial charge in [0.2, 0.25) is 5.91 Å². The molecule has 0 aliphatic rings. The van der Waals surface area contributed by atoms with E-state index < -0.39 is 5.97 Å². The van der Waals surface area contributed by atoms with Crippen molar-refractivity contribution in [3.05, 3.63) is 29.3 Å². The van der Waals surface area contributed by atoms with Crippen LogP contribution in [0, 0.1) is 0 Å². The number of hydrogen-bond acceptors (Lipinski definition) is 2. The summed E-state index contributed by atoms with van der Waals surface area (Å²) in [6.07, 6.45) is 3.91. The van der Waals surface area contributed by atoms with Gasteiger partial charge in [0.05, 0.1) is 0 Å². The van der Waals surface area contributed by atoms with E-state index in [1.165, 1.54) is 0 Å². The summed E-state index contributed by atoms with van der Waals surface area (Å²) in [7, 11) is 0. The Bertz CT molecular complexity index is 459. The van der Waals surface area contributed by atoms with Crippen LogP contribution in [0.25, 0.3) is 0 Å². The van der Waals surface area contributed by atoms with E-state index in [-0.39, 0.29) is 12.3 Å². The van der Waals surface area contributed by atoms with E-state index in [0.717, 1.165) is 24.9 Å². The van der Waals surface area contributed by atoms with Crippen LogP contribution in [0.1, 0.15) is 45.4 Å². The van der Waals surface area contributed by atoms with Crippen LogP contribution >= 0.6 is 11.6 Å². The first-order valence-corrected chi connectivity index (χ1v) is 7.70. The van der Waals surface area contributed by atoms with Gasteiger partial charge in [-0.2, -0.15) is 0 Å². The molecule has 0 radical (unpaired) electrons. The van der Waals surface area contributed by atoms with Gasteiger partial charge in [-0.15, -0.1) is 0 Å².